The van der Waals surface area contributed by atoms with E-state index in [0.29, 0.717) is 36.9 Å². The molecule has 28 heavy (non-hydrogen) atoms. The van der Waals surface area contributed by atoms with Gasteiger partial charge < -0.3 is 24.8 Å². The Labute approximate surface area is 169 Å². The second-order valence-corrected chi connectivity index (χ2v) is 7.16. The van der Waals surface area contributed by atoms with E-state index in [1.54, 1.807) is 23.2 Å². The molecule has 1 N–H and O–H groups in total. The molecule has 148 valence electrons. The van der Waals surface area contributed by atoms with Crippen molar-refractivity contribution in [3.8, 4) is 0 Å². The summed E-state index contributed by atoms with van der Waals surface area (Å²) in [7, 11) is 0. The van der Waals surface area contributed by atoms with Crippen LogP contribution in [-0.2, 0) is 4.74 Å². The van der Waals surface area contributed by atoms with Gasteiger partial charge >= 0.3 is 6.03 Å². The van der Waals surface area contributed by atoms with Crippen molar-refractivity contribution in [2.75, 3.05) is 67.6 Å². The van der Waals surface area contributed by atoms with Gasteiger partial charge in [0.25, 0.3) is 0 Å². The number of piperazine rings is 1. The van der Waals surface area contributed by atoms with Crippen LogP contribution in [0.4, 0.5) is 22.0 Å². The minimum absolute atomic E-state index is 0.138. The Morgan fingerprint density at radius 1 is 1.04 bits per heavy atom. The fourth-order valence-electron chi connectivity index (χ4n) is 3.39. The lowest BCUT2D eigenvalue weighted by atomic mass is 10.3. The van der Waals surface area contributed by atoms with Crippen LogP contribution in [0.2, 0.25) is 5.02 Å². The van der Waals surface area contributed by atoms with Gasteiger partial charge in [0.1, 0.15) is 0 Å². The summed E-state index contributed by atoms with van der Waals surface area (Å²) in [6, 6.07) is 9.17. The number of carbonyl (C=O) groups excluding carboxylic acids is 1. The lowest BCUT2D eigenvalue weighted by Crippen LogP contribution is -2.50. The van der Waals surface area contributed by atoms with Crippen molar-refractivity contribution in [1.29, 1.82) is 0 Å². The Balaban J connectivity index is 1.35. The topological polar surface area (TPSA) is 73.8 Å². The maximum atomic E-state index is 12.5. The number of aromatic nitrogens is 2. The molecule has 0 saturated carbocycles. The third-order valence-electron chi connectivity index (χ3n) is 5.01. The quantitative estimate of drug-likeness (QED) is 0.849. The number of nitrogens with one attached hydrogen (secondary N) is 1. The van der Waals surface area contributed by atoms with E-state index in [2.05, 4.69) is 31.4 Å². The third-order valence-corrected chi connectivity index (χ3v) is 5.34. The molecular formula is C19H23ClN6O2. The standard InChI is InChI=1S/C19H23ClN6O2/c20-16-3-1-2-4-17(16)22-19(27)26-7-5-25(6-8-26)18-13-15(14-21-23-18)24-9-11-28-12-10-24/h1-4,13-14H,5-12H2,(H,22,27). The van der Waals surface area contributed by atoms with E-state index in [9.17, 15) is 4.79 Å². The molecule has 2 aliphatic heterocycles. The molecule has 1 aromatic heterocycles. The molecule has 0 aliphatic carbocycles. The second kappa shape index (κ2) is 8.62. The summed E-state index contributed by atoms with van der Waals surface area (Å²) in [5.74, 6) is 0.843. The molecule has 0 bridgehead atoms. The number of hydrogen-bond acceptors (Lipinski definition) is 6. The van der Waals surface area contributed by atoms with Crippen LogP contribution < -0.4 is 15.1 Å². The van der Waals surface area contributed by atoms with Gasteiger partial charge in [0.2, 0.25) is 0 Å². The first-order valence-electron chi connectivity index (χ1n) is 9.41. The molecule has 2 aromatic rings. The molecule has 0 spiro atoms. The number of amides is 2. The van der Waals surface area contributed by atoms with Crippen molar-refractivity contribution >= 4 is 34.8 Å². The molecule has 9 heteroatoms. The van der Waals surface area contributed by atoms with Gasteiger partial charge in [-0.15, -0.1) is 5.10 Å². The Morgan fingerprint density at radius 3 is 2.54 bits per heavy atom. The summed E-state index contributed by atoms with van der Waals surface area (Å²) in [5.41, 5.74) is 1.69. The van der Waals surface area contributed by atoms with Crippen LogP contribution in [0.5, 0.6) is 0 Å². The van der Waals surface area contributed by atoms with Crippen LogP contribution >= 0.6 is 11.6 Å². The molecule has 4 rings (SSSR count). The van der Waals surface area contributed by atoms with E-state index in [1.165, 1.54) is 0 Å². The lowest BCUT2D eigenvalue weighted by molar-refractivity contribution is 0.122. The van der Waals surface area contributed by atoms with E-state index in [-0.39, 0.29) is 6.03 Å². The van der Waals surface area contributed by atoms with Gasteiger partial charge in [-0.3, -0.25) is 0 Å². The number of anilines is 3. The highest BCUT2D eigenvalue weighted by molar-refractivity contribution is 6.33. The summed E-state index contributed by atoms with van der Waals surface area (Å²) >= 11 is 6.12. The Bertz CT molecular complexity index is 822. The van der Waals surface area contributed by atoms with E-state index in [0.717, 1.165) is 37.8 Å². The minimum atomic E-state index is -0.138. The molecule has 2 saturated heterocycles. The molecule has 0 radical (unpaired) electrons. The summed E-state index contributed by atoms with van der Waals surface area (Å²) in [6.45, 7) is 5.82. The Kier molecular flexibility index (Phi) is 5.78. The highest BCUT2D eigenvalue weighted by Gasteiger charge is 2.23. The van der Waals surface area contributed by atoms with Crippen molar-refractivity contribution in [2.45, 2.75) is 0 Å². The fraction of sp³-hybridized carbons (Fsp3) is 0.421. The second-order valence-electron chi connectivity index (χ2n) is 6.76. The molecule has 2 fully saturated rings. The van der Waals surface area contributed by atoms with Gasteiger partial charge in [0.05, 0.1) is 35.8 Å². The summed E-state index contributed by atoms with van der Waals surface area (Å²) < 4.78 is 5.41. The molecule has 2 aliphatic rings. The van der Waals surface area contributed by atoms with Crippen LogP contribution in [0, 0.1) is 0 Å². The molecule has 1 aromatic carbocycles. The highest BCUT2D eigenvalue weighted by atomic mass is 35.5. The van der Waals surface area contributed by atoms with Crippen LogP contribution in [0.15, 0.2) is 36.5 Å². The van der Waals surface area contributed by atoms with Crippen molar-refractivity contribution in [2.24, 2.45) is 0 Å². The van der Waals surface area contributed by atoms with Crippen LogP contribution in [0.3, 0.4) is 0 Å². The van der Waals surface area contributed by atoms with Crippen molar-refractivity contribution in [1.82, 2.24) is 15.1 Å². The monoisotopic (exact) mass is 402 g/mol. The molecule has 0 atom stereocenters. The number of nitrogens with zero attached hydrogens (tertiary/aromatic N) is 5. The van der Waals surface area contributed by atoms with E-state index >= 15 is 0 Å². The maximum Gasteiger partial charge on any atom is 0.322 e. The van der Waals surface area contributed by atoms with Crippen LogP contribution in [0.1, 0.15) is 0 Å². The third kappa shape index (κ3) is 4.28. The van der Waals surface area contributed by atoms with Crippen molar-refractivity contribution < 1.29 is 9.53 Å². The zero-order valence-electron chi connectivity index (χ0n) is 15.6. The average Bonchev–Trinajstić information content (AvgIpc) is 2.76. The fourth-order valence-corrected chi connectivity index (χ4v) is 3.57. The SMILES string of the molecule is O=C(Nc1ccccc1Cl)N1CCN(c2cc(N3CCOCC3)cnn2)CC1. The van der Waals surface area contributed by atoms with E-state index in [4.69, 9.17) is 16.3 Å². The first kappa shape index (κ1) is 18.8. The van der Waals surface area contributed by atoms with Gasteiger partial charge in [-0.2, -0.15) is 5.10 Å². The first-order chi connectivity index (χ1) is 13.7. The van der Waals surface area contributed by atoms with Gasteiger partial charge in [0.15, 0.2) is 5.82 Å². The number of hydrogen-bond donors (Lipinski definition) is 1. The number of rotatable bonds is 3. The van der Waals surface area contributed by atoms with Crippen LogP contribution in [-0.4, -0.2) is 73.6 Å². The summed E-state index contributed by atoms with van der Waals surface area (Å²) in [6.07, 6.45) is 1.79. The molecule has 2 amide bonds. The zero-order chi connectivity index (χ0) is 19.3. The molecule has 8 nitrogen and oxygen atoms in total. The van der Waals surface area contributed by atoms with Gasteiger partial charge in [-0.05, 0) is 12.1 Å². The number of morpholine rings is 1. The highest BCUT2D eigenvalue weighted by Crippen LogP contribution is 2.23. The first-order valence-corrected chi connectivity index (χ1v) is 9.79. The predicted molar refractivity (Wildman–Crippen MR) is 109 cm³/mol. The number of halogens is 1. The molecular weight excluding hydrogens is 380 g/mol. The Hall–Kier alpha value is -2.58. The van der Waals surface area contributed by atoms with Crippen LogP contribution in [0.25, 0.3) is 0 Å². The van der Waals surface area contributed by atoms with E-state index in [1.807, 2.05) is 12.1 Å². The number of ether oxygens (including phenoxy) is 1. The normalized spacial score (nSPS) is 17.5. The maximum absolute atomic E-state index is 12.5. The number of urea groups is 1. The summed E-state index contributed by atoms with van der Waals surface area (Å²) in [5, 5.41) is 11.9. The van der Waals surface area contributed by atoms with E-state index < -0.39 is 0 Å². The van der Waals surface area contributed by atoms with Gasteiger partial charge in [-0.1, -0.05) is 23.7 Å². The Morgan fingerprint density at radius 2 is 1.79 bits per heavy atom. The largest absolute Gasteiger partial charge is 0.378 e. The lowest BCUT2D eigenvalue weighted by Gasteiger charge is -2.35. The summed E-state index contributed by atoms with van der Waals surface area (Å²) in [4.78, 5) is 18.7. The molecule has 0 unspecified atom stereocenters. The van der Waals surface area contributed by atoms with Crippen molar-refractivity contribution in [3.05, 3.63) is 41.6 Å². The average molecular weight is 403 g/mol. The number of benzene rings is 1. The number of carbonyl (C=O) groups is 1. The predicted octanol–water partition coefficient (Wildman–Crippen LogP) is 2.32. The smallest absolute Gasteiger partial charge is 0.322 e. The van der Waals surface area contributed by atoms with Crippen molar-refractivity contribution in [3.63, 3.8) is 0 Å². The van der Waals surface area contributed by atoms with Gasteiger partial charge in [0, 0.05) is 45.3 Å². The molecule has 3 heterocycles. The zero-order valence-corrected chi connectivity index (χ0v) is 16.3. The number of para-hydroxylation sites is 1. The van der Waals surface area contributed by atoms with Gasteiger partial charge in [-0.25, -0.2) is 4.79 Å². The minimum Gasteiger partial charge on any atom is -0.378 e.